The summed E-state index contributed by atoms with van der Waals surface area (Å²) in [5.41, 5.74) is 3.39. The van der Waals surface area contributed by atoms with Crippen molar-refractivity contribution < 1.29 is 4.74 Å². The highest BCUT2D eigenvalue weighted by Gasteiger charge is 2.60. The van der Waals surface area contributed by atoms with E-state index in [4.69, 9.17) is 4.74 Å². The van der Waals surface area contributed by atoms with Crippen molar-refractivity contribution in [2.75, 3.05) is 33.4 Å². The lowest BCUT2D eigenvalue weighted by Crippen LogP contribution is -2.29. The Morgan fingerprint density at radius 2 is 2.06 bits per heavy atom. The summed E-state index contributed by atoms with van der Waals surface area (Å²) in [6.07, 6.45) is 1.39. The van der Waals surface area contributed by atoms with E-state index in [9.17, 15) is 0 Å². The van der Waals surface area contributed by atoms with Gasteiger partial charge < -0.3 is 4.74 Å². The van der Waals surface area contributed by atoms with Gasteiger partial charge in [-0.1, -0.05) is 29.8 Å². The molecule has 3 rings (SSSR count). The maximum Gasteiger partial charge on any atom is 0.0589 e. The lowest BCUT2D eigenvalue weighted by molar-refractivity contribution is 0.153. The number of ether oxygens (including phenoxy) is 1. The number of rotatable bonds is 4. The van der Waals surface area contributed by atoms with Crippen LogP contribution in [0, 0.1) is 12.8 Å². The Labute approximate surface area is 116 Å². The van der Waals surface area contributed by atoms with Gasteiger partial charge in [-0.05, 0) is 24.8 Å². The Hall–Kier alpha value is -0.570. The molecule has 0 aromatic heterocycles. The van der Waals surface area contributed by atoms with Crippen LogP contribution in [0.25, 0.3) is 0 Å². The number of likely N-dealkylation sites (tertiary alicyclic amines) is 1. The molecule has 2 fully saturated rings. The van der Waals surface area contributed by atoms with Crippen LogP contribution < -0.4 is 0 Å². The molecule has 1 aromatic carbocycles. The van der Waals surface area contributed by atoms with E-state index >= 15 is 0 Å². The minimum absolute atomic E-state index is 0. The topological polar surface area (TPSA) is 12.5 Å². The van der Waals surface area contributed by atoms with Gasteiger partial charge in [0.2, 0.25) is 0 Å². The first-order chi connectivity index (χ1) is 8.24. The second kappa shape index (κ2) is 5.20. The number of methoxy groups -OCH3 is 1. The third-order valence-electron chi connectivity index (χ3n) is 4.45. The number of hydrogen-bond donors (Lipinski definition) is 0. The lowest BCUT2D eigenvalue weighted by atomic mass is 9.94. The van der Waals surface area contributed by atoms with Gasteiger partial charge in [0.05, 0.1) is 6.61 Å². The van der Waals surface area contributed by atoms with Gasteiger partial charge in [-0.25, -0.2) is 0 Å². The fraction of sp³-hybridized carbons (Fsp3) is 0.600. The van der Waals surface area contributed by atoms with E-state index in [-0.39, 0.29) is 12.4 Å². The van der Waals surface area contributed by atoms with Gasteiger partial charge in [0.1, 0.15) is 0 Å². The van der Waals surface area contributed by atoms with Gasteiger partial charge in [0.25, 0.3) is 0 Å². The van der Waals surface area contributed by atoms with E-state index in [0.29, 0.717) is 5.41 Å². The second-order valence-corrected chi connectivity index (χ2v) is 5.65. The van der Waals surface area contributed by atoms with Crippen LogP contribution in [0.5, 0.6) is 0 Å². The molecule has 0 radical (unpaired) electrons. The Kier molecular flexibility index (Phi) is 4.00. The Morgan fingerprint density at radius 1 is 1.33 bits per heavy atom. The second-order valence-electron chi connectivity index (χ2n) is 5.65. The van der Waals surface area contributed by atoms with E-state index in [1.165, 1.54) is 25.1 Å². The maximum absolute atomic E-state index is 5.17. The molecule has 0 bridgehead atoms. The van der Waals surface area contributed by atoms with Crippen molar-refractivity contribution >= 4 is 12.4 Å². The highest BCUT2D eigenvalue weighted by Crippen LogP contribution is 2.58. The first-order valence-corrected chi connectivity index (χ1v) is 6.53. The highest BCUT2D eigenvalue weighted by molar-refractivity contribution is 5.85. The van der Waals surface area contributed by atoms with E-state index in [1.807, 2.05) is 0 Å². The van der Waals surface area contributed by atoms with Crippen LogP contribution in [0.3, 0.4) is 0 Å². The first-order valence-electron chi connectivity index (χ1n) is 6.53. The molecule has 1 aliphatic carbocycles. The molecule has 2 atom stereocenters. The normalized spacial score (nSPS) is 29.8. The molecule has 2 nitrogen and oxygen atoms in total. The van der Waals surface area contributed by atoms with Gasteiger partial charge in [-0.3, -0.25) is 4.90 Å². The van der Waals surface area contributed by atoms with Crippen molar-refractivity contribution in [2.45, 2.75) is 18.8 Å². The zero-order chi connectivity index (χ0) is 11.9. The van der Waals surface area contributed by atoms with Crippen LogP contribution >= 0.6 is 12.4 Å². The molecule has 0 amide bonds. The first kappa shape index (κ1) is 13.9. The number of fused-ring (bicyclic) bond motifs is 1. The summed E-state index contributed by atoms with van der Waals surface area (Å²) in [5, 5.41) is 0. The third kappa shape index (κ3) is 2.29. The zero-order valence-corrected chi connectivity index (χ0v) is 12.0. The zero-order valence-electron chi connectivity index (χ0n) is 11.2. The fourth-order valence-corrected chi connectivity index (χ4v) is 3.31. The molecule has 1 heterocycles. The summed E-state index contributed by atoms with van der Waals surface area (Å²) < 4.78 is 5.17. The van der Waals surface area contributed by atoms with Crippen LogP contribution in [0.2, 0.25) is 0 Å². The molecule has 18 heavy (non-hydrogen) atoms. The van der Waals surface area contributed by atoms with Crippen LogP contribution in [0.4, 0.5) is 0 Å². The van der Waals surface area contributed by atoms with Crippen molar-refractivity contribution in [3.8, 4) is 0 Å². The summed E-state index contributed by atoms with van der Waals surface area (Å²) in [4.78, 5) is 2.55. The van der Waals surface area contributed by atoms with Gasteiger partial charge in [-0.2, -0.15) is 0 Å². The molecule has 1 aliphatic heterocycles. The summed E-state index contributed by atoms with van der Waals surface area (Å²) in [6, 6.07) is 9.15. The van der Waals surface area contributed by atoms with Crippen molar-refractivity contribution in [3.05, 3.63) is 35.4 Å². The maximum atomic E-state index is 5.17. The average Bonchev–Trinajstić information content (AvgIpc) is 2.91. The lowest BCUT2D eigenvalue weighted by Gasteiger charge is -2.20. The minimum Gasteiger partial charge on any atom is -0.383 e. The number of aryl methyl sites for hydroxylation is 1. The summed E-state index contributed by atoms with van der Waals surface area (Å²) in [6.45, 7) is 6.59. The summed E-state index contributed by atoms with van der Waals surface area (Å²) >= 11 is 0. The molecule has 1 aromatic rings. The van der Waals surface area contributed by atoms with E-state index < -0.39 is 0 Å². The molecule has 100 valence electrons. The minimum atomic E-state index is 0. The Morgan fingerprint density at radius 3 is 2.72 bits per heavy atom. The SMILES string of the molecule is COCCN1CC2CC2(c2ccc(C)cc2)C1.Cl. The van der Waals surface area contributed by atoms with E-state index in [0.717, 1.165) is 19.1 Å². The summed E-state index contributed by atoms with van der Waals surface area (Å²) in [7, 11) is 1.78. The van der Waals surface area contributed by atoms with Crippen molar-refractivity contribution in [3.63, 3.8) is 0 Å². The van der Waals surface area contributed by atoms with Crippen molar-refractivity contribution in [2.24, 2.45) is 5.92 Å². The number of hydrogen-bond acceptors (Lipinski definition) is 2. The predicted molar refractivity (Wildman–Crippen MR) is 76.5 cm³/mol. The molecule has 2 unspecified atom stereocenters. The Balaban J connectivity index is 0.00000120. The standard InChI is InChI=1S/C15H21NO.ClH/c1-12-3-5-13(6-4-12)15-9-14(15)10-16(11-15)7-8-17-2;/h3-6,14H,7-11H2,1-2H3;1H. The van der Waals surface area contributed by atoms with E-state index in [1.54, 1.807) is 12.7 Å². The van der Waals surface area contributed by atoms with Gasteiger partial charge in [-0.15, -0.1) is 12.4 Å². The molecule has 1 saturated heterocycles. The number of nitrogens with zero attached hydrogens (tertiary/aromatic N) is 1. The number of halogens is 1. The van der Waals surface area contributed by atoms with Crippen molar-refractivity contribution in [1.82, 2.24) is 4.90 Å². The number of piperidine rings is 1. The van der Waals surface area contributed by atoms with Crippen LogP contribution in [0.1, 0.15) is 17.5 Å². The molecular formula is C15H22ClNO. The number of benzene rings is 1. The predicted octanol–water partition coefficient (Wildman–Crippen LogP) is 2.64. The van der Waals surface area contributed by atoms with Crippen LogP contribution in [0.15, 0.2) is 24.3 Å². The van der Waals surface area contributed by atoms with Crippen LogP contribution in [-0.4, -0.2) is 38.3 Å². The molecule has 2 aliphatic rings. The highest BCUT2D eigenvalue weighted by atomic mass is 35.5. The van der Waals surface area contributed by atoms with Gasteiger partial charge >= 0.3 is 0 Å². The third-order valence-corrected chi connectivity index (χ3v) is 4.45. The van der Waals surface area contributed by atoms with E-state index in [2.05, 4.69) is 36.1 Å². The monoisotopic (exact) mass is 267 g/mol. The molecule has 0 spiro atoms. The quantitative estimate of drug-likeness (QED) is 0.832. The average molecular weight is 268 g/mol. The van der Waals surface area contributed by atoms with Gasteiger partial charge in [0.15, 0.2) is 0 Å². The van der Waals surface area contributed by atoms with Gasteiger partial charge in [0, 0.05) is 32.2 Å². The Bertz CT molecular complexity index is 405. The van der Waals surface area contributed by atoms with Crippen molar-refractivity contribution in [1.29, 1.82) is 0 Å². The molecule has 1 saturated carbocycles. The molecule has 3 heteroatoms. The summed E-state index contributed by atoms with van der Waals surface area (Å²) in [5.74, 6) is 0.891. The largest absolute Gasteiger partial charge is 0.383 e. The van der Waals surface area contributed by atoms with Crippen LogP contribution in [-0.2, 0) is 10.2 Å². The smallest absolute Gasteiger partial charge is 0.0589 e. The molecule has 0 N–H and O–H groups in total. The fourth-order valence-electron chi connectivity index (χ4n) is 3.31. The molecular weight excluding hydrogens is 246 g/mol.